The van der Waals surface area contributed by atoms with Crippen molar-refractivity contribution in [3.63, 3.8) is 0 Å². The lowest BCUT2D eigenvalue weighted by molar-refractivity contribution is -0.133. The van der Waals surface area contributed by atoms with Gasteiger partial charge in [0.1, 0.15) is 0 Å². The predicted molar refractivity (Wildman–Crippen MR) is 63.9 cm³/mol. The van der Waals surface area contributed by atoms with Crippen molar-refractivity contribution in [1.29, 1.82) is 0 Å². The monoisotopic (exact) mass is 219 g/mol. The van der Waals surface area contributed by atoms with Gasteiger partial charge in [-0.3, -0.25) is 4.79 Å². The highest BCUT2D eigenvalue weighted by Crippen LogP contribution is 2.45. The normalized spacial score (nSPS) is 42.8. The number of fused-ring (bicyclic) bond motifs is 2. The van der Waals surface area contributed by atoms with Crippen LogP contribution in [0.15, 0.2) is 12.7 Å². The Morgan fingerprint density at radius 1 is 1.25 bits per heavy atom. The van der Waals surface area contributed by atoms with E-state index in [2.05, 4.69) is 17.6 Å². The average Bonchev–Trinajstić information content (AvgIpc) is 2.68. The minimum Gasteiger partial charge on any atom is -0.339 e. The number of nitrogens with zero attached hydrogens (tertiary/aromatic N) is 1. The van der Waals surface area contributed by atoms with Crippen LogP contribution in [0.1, 0.15) is 38.5 Å². The molecule has 2 saturated heterocycles. The van der Waals surface area contributed by atoms with Crippen LogP contribution in [0.25, 0.3) is 0 Å². The lowest BCUT2D eigenvalue weighted by Gasteiger charge is -2.48. The summed E-state index contributed by atoms with van der Waals surface area (Å²) in [6.07, 6.45) is 9.40. The minimum atomic E-state index is 0.390. The van der Waals surface area contributed by atoms with E-state index < -0.39 is 0 Å². The standard InChI is InChI=1S/C14H21NO/c1-2-11-12-6-4-3-5-10(12)9-15-13(11)7-8-14(15)16/h2,10-13H,1,3-9H2/t10?,11?,12?,13-/m1/s1. The zero-order chi connectivity index (χ0) is 11.1. The first-order valence-electron chi connectivity index (χ1n) is 6.73. The van der Waals surface area contributed by atoms with Crippen LogP contribution in [0.4, 0.5) is 0 Å². The topological polar surface area (TPSA) is 20.3 Å². The molecule has 1 amide bonds. The molecule has 3 fully saturated rings. The summed E-state index contributed by atoms with van der Waals surface area (Å²) in [7, 11) is 0. The van der Waals surface area contributed by atoms with Crippen molar-refractivity contribution >= 4 is 5.91 Å². The smallest absolute Gasteiger partial charge is 0.222 e. The Morgan fingerprint density at radius 3 is 2.88 bits per heavy atom. The maximum absolute atomic E-state index is 11.8. The van der Waals surface area contributed by atoms with E-state index in [0.29, 0.717) is 17.9 Å². The SMILES string of the molecule is C=CC1C2CCCCC2CN2C(=O)CC[C@H]12. The molecule has 2 heteroatoms. The Morgan fingerprint density at radius 2 is 2.06 bits per heavy atom. The number of amides is 1. The molecule has 0 N–H and O–H groups in total. The number of piperidine rings is 1. The summed E-state index contributed by atoms with van der Waals surface area (Å²) in [6, 6.07) is 0.490. The van der Waals surface area contributed by atoms with Gasteiger partial charge in [-0.1, -0.05) is 18.9 Å². The highest BCUT2D eigenvalue weighted by molar-refractivity contribution is 5.79. The van der Waals surface area contributed by atoms with Gasteiger partial charge in [0, 0.05) is 24.9 Å². The molecular formula is C14H21NO. The zero-order valence-corrected chi connectivity index (χ0v) is 9.90. The van der Waals surface area contributed by atoms with Crippen LogP contribution >= 0.6 is 0 Å². The summed E-state index contributed by atoms with van der Waals surface area (Å²) < 4.78 is 0. The number of hydrogen-bond acceptors (Lipinski definition) is 1. The van der Waals surface area contributed by atoms with Gasteiger partial charge < -0.3 is 4.90 Å². The minimum absolute atomic E-state index is 0.390. The molecule has 16 heavy (non-hydrogen) atoms. The highest BCUT2D eigenvalue weighted by atomic mass is 16.2. The van der Waals surface area contributed by atoms with Crippen molar-refractivity contribution in [2.75, 3.05) is 6.54 Å². The summed E-state index contributed by atoms with van der Waals surface area (Å²) in [4.78, 5) is 14.0. The van der Waals surface area contributed by atoms with Gasteiger partial charge in [-0.2, -0.15) is 0 Å². The molecule has 2 aliphatic heterocycles. The van der Waals surface area contributed by atoms with Gasteiger partial charge in [0.2, 0.25) is 5.91 Å². The molecule has 1 aliphatic carbocycles. The van der Waals surface area contributed by atoms with Gasteiger partial charge in [0.05, 0.1) is 0 Å². The fraction of sp³-hybridized carbons (Fsp3) is 0.786. The first kappa shape index (κ1) is 10.4. The van der Waals surface area contributed by atoms with Gasteiger partial charge in [0.15, 0.2) is 0 Å². The molecule has 0 aromatic carbocycles. The van der Waals surface area contributed by atoms with E-state index in [1.54, 1.807) is 0 Å². The van der Waals surface area contributed by atoms with Crippen LogP contribution in [-0.2, 0) is 4.79 Å². The molecular weight excluding hydrogens is 198 g/mol. The fourth-order valence-corrected chi connectivity index (χ4v) is 4.23. The molecule has 3 aliphatic rings. The molecule has 0 spiro atoms. The molecule has 2 nitrogen and oxygen atoms in total. The van der Waals surface area contributed by atoms with Gasteiger partial charge >= 0.3 is 0 Å². The summed E-state index contributed by atoms with van der Waals surface area (Å²) in [6.45, 7) is 5.06. The number of rotatable bonds is 1. The third-order valence-electron chi connectivity index (χ3n) is 4.98. The van der Waals surface area contributed by atoms with Crippen LogP contribution in [0, 0.1) is 17.8 Å². The van der Waals surface area contributed by atoms with E-state index in [1.165, 1.54) is 25.7 Å². The second kappa shape index (κ2) is 3.90. The molecule has 0 bridgehead atoms. The van der Waals surface area contributed by atoms with Crippen molar-refractivity contribution in [2.45, 2.75) is 44.6 Å². The van der Waals surface area contributed by atoms with E-state index in [1.807, 2.05) is 0 Å². The molecule has 0 aromatic heterocycles. The first-order chi connectivity index (χ1) is 7.81. The van der Waals surface area contributed by atoms with Gasteiger partial charge in [-0.05, 0) is 31.1 Å². The molecule has 0 aromatic rings. The van der Waals surface area contributed by atoms with Crippen LogP contribution in [0.3, 0.4) is 0 Å². The summed E-state index contributed by atoms with van der Waals surface area (Å²) in [5.41, 5.74) is 0. The van der Waals surface area contributed by atoms with Crippen molar-refractivity contribution in [2.24, 2.45) is 17.8 Å². The van der Waals surface area contributed by atoms with E-state index in [9.17, 15) is 4.79 Å². The Hall–Kier alpha value is -0.790. The van der Waals surface area contributed by atoms with Gasteiger partial charge in [0.25, 0.3) is 0 Å². The molecule has 4 atom stereocenters. The Labute approximate surface area is 97.7 Å². The Kier molecular flexibility index (Phi) is 2.53. The van der Waals surface area contributed by atoms with E-state index in [0.717, 1.165) is 31.2 Å². The van der Waals surface area contributed by atoms with E-state index in [-0.39, 0.29) is 0 Å². The number of carbonyl (C=O) groups is 1. The lowest BCUT2D eigenvalue weighted by Crippen LogP contribution is -2.51. The van der Waals surface area contributed by atoms with E-state index >= 15 is 0 Å². The van der Waals surface area contributed by atoms with Gasteiger partial charge in [-0.25, -0.2) is 0 Å². The van der Waals surface area contributed by atoms with Crippen molar-refractivity contribution < 1.29 is 4.79 Å². The van der Waals surface area contributed by atoms with Crippen molar-refractivity contribution in [3.8, 4) is 0 Å². The maximum atomic E-state index is 11.8. The molecule has 1 saturated carbocycles. The Bertz CT molecular complexity index is 312. The quantitative estimate of drug-likeness (QED) is 0.621. The second-order valence-electron chi connectivity index (χ2n) is 5.67. The predicted octanol–water partition coefficient (Wildman–Crippen LogP) is 2.60. The lowest BCUT2D eigenvalue weighted by atomic mass is 9.67. The third kappa shape index (κ3) is 1.42. The zero-order valence-electron chi connectivity index (χ0n) is 9.90. The van der Waals surface area contributed by atoms with Crippen molar-refractivity contribution in [3.05, 3.63) is 12.7 Å². The summed E-state index contributed by atoms with van der Waals surface area (Å²) in [5.74, 6) is 2.54. The second-order valence-corrected chi connectivity index (χ2v) is 5.67. The van der Waals surface area contributed by atoms with Gasteiger partial charge in [-0.15, -0.1) is 6.58 Å². The average molecular weight is 219 g/mol. The summed E-state index contributed by atoms with van der Waals surface area (Å²) in [5, 5.41) is 0. The third-order valence-corrected chi connectivity index (χ3v) is 4.98. The van der Waals surface area contributed by atoms with E-state index in [4.69, 9.17) is 0 Å². The molecule has 3 unspecified atom stereocenters. The number of hydrogen-bond donors (Lipinski definition) is 0. The summed E-state index contributed by atoms with van der Waals surface area (Å²) >= 11 is 0. The number of carbonyl (C=O) groups excluding carboxylic acids is 1. The van der Waals surface area contributed by atoms with Crippen LogP contribution < -0.4 is 0 Å². The van der Waals surface area contributed by atoms with Crippen molar-refractivity contribution in [1.82, 2.24) is 4.90 Å². The fourth-order valence-electron chi connectivity index (χ4n) is 4.23. The molecule has 2 heterocycles. The molecule has 0 radical (unpaired) electrons. The van der Waals surface area contributed by atoms with Crippen LogP contribution in [-0.4, -0.2) is 23.4 Å². The largest absolute Gasteiger partial charge is 0.339 e. The van der Waals surface area contributed by atoms with Crippen LogP contribution in [0.5, 0.6) is 0 Å². The molecule has 88 valence electrons. The Balaban J connectivity index is 1.87. The molecule has 3 rings (SSSR count). The van der Waals surface area contributed by atoms with Crippen LogP contribution in [0.2, 0.25) is 0 Å². The highest BCUT2D eigenvalue weighted by Gasteiger charge is 2.46. The first-order valence-corrected chi connectivity index (χ1v) is 6.73. The maximum Gasteiger partial charge on any atom is 0.222 e.